The number of aromatic nitrogens is 6. The maximum absolute atomic E-state index is 13.3. The highest BCUT2D eigenvalue weighted by molar-refractivity contribution is 9.10. The molecule has 0 atom stereocenters. The summed E-state index contributed by atoms with van der Waals surface area (Å²) in [5.41, 5.74) is 4.55. The van der Waals surface area contributed by atoms with Crippen molar-refractivity contribution in [1.82, 2.24) is 29.5 Å². The molecule has 0 aliphatic carbocycles. The van der Waals surface area contributed by atoms with E-state index in [-0.39, 0.29) is 11.9 Å². The Labute approximate surface area is 198 Å². The maximum Gasteiger partial charge on any atom is 0.258 e. The summed E-state index contributed by atoms with van der Waals surface area (Å²) < 4.78 is 4.37. The summed E-state index contributed by atoms with van der Waals surface area (Å²) in [7, 11) is 1.82. The minimum atomic E-state index is -0.309. The van der Waals surface area contributed by atoms with Crippen molar-refractivity contribution in [2.45, 2.75) is 13.5 Å². The van der Waals surface area contributed by atoms with Crippen LogP contribution >= 0.6 is 15.9 Å². The lowest BCUT2D eigenvalue weighted by atomic mass is 10.1. The molecule has 1 amide bonds. The van der Waals surface area contributed by atoms with Crippen LogP contribution in [0.5, 0.6) is 0 Å². The molecule has 0 bridgehead atoms. The van der Waals surface area contributed by atoms with E-state index >= 15 is 0 Å². The highest BCUT2D eigenvalue weighted by Gasteiger charge is 2.20. The summed E-state index contributed by atoms with van der Waals surface area (Å²) in [4.78, 5) is 22.3. The Morgan fingerprint density at radius 1 is 1.06 bits per heavy atom. The second-order valence-electron chi connectivity index (χ2n) is 7.68. The third-order valence-electron chi connectivity index (χ3n) is 5.28. The first-order valence-corrected chi connectivity index (χ1v) is 11.1. The smallest absolute Gasteiger partial charge is 0.258 e. The number of fused-ring (bicyclic) bond motifs is 1. The number of amides is 1. The van der Waals surface area contributed by atoms with Gasteiger partial charge in [0.05, 0.1) is 28.9 Å². The fraction of sp³-hybridized carbons (Fsp3) is 0.125. The van der Waals surface area contributed by atoms with E-state index in [0.717, 1.165) is 21.3 Å². The Kier molecular flexibility index (Phi) is 5.47. The van der Waals surface area contributed by atoms with Gasteiger partial charge >= 0.3 is 0 Å². The summed E-state index contributed by atoms with van der Waals surface area (Å²) in [6.07, 6.45) is 1.60. The minimum Gasteiger partial charge on any atom is -0.289 e. The van der Waals surface area contributed by atoms with E-state index in [1.807, 2.05) is 68.6 Å². The molecule has 3 heterocycles. The standard InChI is InChI=1S/C24H20BrN7O/c1-15-21-19(12-20(17-8-4-3-5-9-17)27-22(21)31(2)29-15)23(33)28-24-26-14-32(30-24)13-16-7-6-10-18(25)11-16/h3-12,14H,13H2,1-2H3,(H,28,30,33). The molecule has 8 nitrogen and oxygen atoms in total. The fourth-order valence-corrected chi connectivity index (χ4v) is 4.25. The van der Waals surface area contributed by atoms with E-state index in [4.69, 9.17) is 4.98 Å². The Bertz CT molecular complexity index is 1470. The third kappa shape index (κ3) is 4.27. The van der Waals surface area contributed by atoms with Gasteiger partial charge in [-0.1, -0.05) is 58.4 Å². The summed E-state index contributed by atoms with van der Waals surface area (Å²) >= 11 is 3.47. The zero-order chi connectivity index (χ0) is 22.9. The molecule has 3 aromatic heterocycles. The predicted molar refractivity (Wildman–Crippen MR) is 130 cm³/mol. The molecule has 164 valence electrons. The number of benzene rings is 2. The summed E-state index contributed by atoms with van der Waals surface area (Å²) in [5, 5.41) is 12.4. The van der Waals surface area contributed by atoms with Crippen molar-refractivity contribution in [3.05, 3.63) is 88.3 Å². The lowest BCUT2D eigenvalue weighted by Crippen LogP contribution is -2.15. The van der Waals surface area contributed by atoms with Crippen LogP contribution in [0.15, 0.2) is 71.5 Å². The number of nitrogens with one attached hydrogen (secondary N) is 1. The molecule has 1 N–H and O–H groups in total. The minimum absolute atomic E-state index is 0.239. The summed E-state index contributed by atoms with van der Waals surface area (Å²) in [6.45, 7) is 2.41. The van der Waals surface area contributed by atoms with Gasteiger partial charge in [-0.25, -0.2) is 14.6 Å². The maximum atomic E-state index is 13.3. The highest BCUT2D eigenvalue weighted by atomic mass is 79.9. The molecule has 0 saturated heterocycles. The molecule has 5 rings (SSSR count). The molecule has 0 radical (unpaired) electrons. The normalized spacial score (nSPS) is 11.1. The van der Waals surface area contributed by atoms with Crippen molar-refractivity contribution in [2.75, 3.05) is 5.32 Å². The molecule has 33 heavy (non-hydrogen) atoms. The quantitative estimate of drug-likeness (QED) is 0.380. The van der Waals surface area contributed by atoms with Crippen LogP contribution < -0.4 is 5.32 Å². The van der Waals surface area contributed by atoms with Crippen LogP contribution in [-0.4, -0.2) is 35.4 Å². The molecule has 0 saturated carbocycles. The average molecular weight is 502 g/mol. The van der Waals surface area contributed by atoms with E-state index in [1.54, 1.807) is 21.8 Å². The molecule has 0 spiro atoms. The van der Waals surface area contributed by atoms with Crippen LogP contribution in [0.4, 0.5) is 5.95 Å². The number of hydrogen-bond acceptors (Lipinski definition) is 5. The predicted octanol–water partition coefficient (Wildman–Crippen LogP) is 4.60. The number of anilines is 1. The molecule has 0 aliphatic heterocycles. The number of pyridine rings is 1. The number of rotatable bonds is 5. The number of nitrogens with zero attached hydrogens (tertiary/aromatic N) is 6. The van der Waals surface area contributed by atoms with Gasteiger partial charge in [-0.2, -0.15) is 5.10 Å². The van der Waals surface area contributed by atoms with Crippen molar-refractivity contribution in [3.63, 3.8) is 0 Å². The Balaban J connectivity index is 1.47. The van der Waals surface area contributed by atoms with Gasteiger partial charge < -0.3 is 0 Å². The second kappa shape index (κ2) is 8.59. The van der Waals surface area contributed by atoms with Crippen molar-refractivity contribution in [1.29, 1.82) is 0 Å². The van der Waals surface area contributed by atoms with Crippen LogP contribution in [0.2, 0.25) is 0 Å². The largest absolute Gasteiger partial charge is 0.289 e. The fourth-order valence-electron chi connectivity index (χ4n) is 3.80. The number of carbonyl (C=O) groups excluding carboxylic acids is 1. The first-order chi connectivity index (χ1) is 16.0. The number of halogens is 1. The number of carbonyl (C=O) groups is 1. The van der Waals surface area contributed by atoms with Gasteiger partial charge in [0.2, 0.25) is 5.95 Å². The average Bonchev–Trinajstić information content (AvgIpc) is 3.36. The van der Waals surface area contributed by atoms with Gasteiger partial charge in [0.25, 0.3) is 5.91 Å². The monoisotopic (exact) mass is 501 g/mol. The van der Waals surface area contributed by atoms with Crippen molar-refractivity contribution in [2.24, 2.45) is 7.05 Å². The molecule has 5 aromatic rings. The van der Waals surface area contributed by atoms with Gasteiger partial charge in [-0.05, 0) is 30.7 Å². The summed E-state index contributed by atoms with van der Waals surface area (Å²) in [5.74, 6) is -0.0707. The number of hydrogen-bond donors (Lipinski definition) is 1. The number of aryl methyl sites for hydroxylation is 2. The van der Waals surface area contributed by atoms with Crippen molar-refractivity contribution >= 4 is 38.8 Å². The van der Waals surface area contributed by atoms with Crippen molar-refractivity contribution in [3.8, 4) is 11.3 Å². The lowest BCUT2D eigenvalue weighted by molar-refractivity contribution is 0.102. The zero-order valence-electron chi connectivity index (χ0n) is 18.0. The second-order valence-corrected chi connectivity index (χ2v) is 8.59. The summed E-state index contributed by atoms with van der Waals surface area (Å²) in [6, 6.07) is 19.5. The van der Waals surface area contributed by atoms with Crippen LogP contribution in [0.3, 0.4) is 0 Å². The van der Waals surface area contributed by atoms with E-state index in [0.29, 0.717) is 28.8 Å². The Hall–Kier alpha value is -3.85. The Morgan fingerprint density at radius 2 is 1.88 bits per heavy atom. The zero-order valence-corrected chi connectivity index (χ0v) is 19.6. The third-order valence-corrected chi connectivity index (χ3v) is 5.77. The SMILES string of the molecule is Cc1nn(C)c2nc(-c3ccccc3)cc(C(=O)Nc3ncn(Cc4cccc(Br)c4)n3)c12. The van der Waals surface area contributed by atoms with Gasteiger partial charge in [-0.3, -0.25) is 14.8 Å². The topological polar surface area (TPSA) is 90.5 Å². The van der Waals surface area contributed by atoms with Crippen LogP contribution in [0, 0.1) is 6.92 Å². The first kappa shape index (κ1) is 21.0. The molecule has 9 heteroatoms. The lowest BCUT2D eigenvalue weighted by Gasteiger charge is -2.08. The molecule has 2 aromatic carbocycles. The van der Waals surface area contributed by atoms with Crippen LogP contribution in [-0.2, 0) is 13.6 Å². The first-order valence-electron chi connectivity index (χ1n) is 10.3. The van der Waals surface area contributed by atoms with Gasteiger partial charge in [-0.15, -0.1) is 5.10 Å². The molecule has 0 unspecified atom stereocenters. The van der Waals surface area contributed by atoms with E-state index in [2.05, 4.69) is 36.4 Å². The highest BCUT2D eigenvalue weighted by Crippen LogP contribution is 2.27. The van der Waals surface area contributed by atoms with E-state index in [1.165, 1.54) is 0 Å². The molecule has 0 aliphatic rings. The van der Waals surface area contributed by atoms with Gasteiger partial charge in [0, 0.05) is 17.1 Å². The molecular weight excluding hydrogens is 482 g/mol. The molecular formula is C24H20BrN7O. The van der Waals surface area contributed by atoms with E-state index < -0.39 is 0 Å². The van der Waals surface area contributed by atoms with Crippen molar-refractivity contribution < 1.29 is 4.79 Å². The van der Waals surface area contributed by atoms with E-state index in [9.17, 15) is 4.79 Å². The van der Waals surface area contributed by atoms with Gasteiger partial charge in [0.1, 0.15) is 6.33 Å². The Morgan fingerprint density at radius 3 is 2.67 bits per heavy atom. The van der Waals surface area contributed by atoms with Gasteiger partial charge in [0.15, 0.2) is 5.65 Å². The molecule has 0 fully saturated rings. The van der Waals surface area contributed by atoms with Crippen LogP contribution in [0.1, 0.15) is 21.6 Å². The van der Waals surface area contributed by atoms with Crippen LogP contribution in [0.25, 0.3) is 22.3 Å².